The van der Waals surface area contributed by atoms with E-state index in [0.717, 1.165) is 48.5 Å². The fraction of sp³-hybridized carbons (Fsp3) is 0.174. The summed E-state index contributed by atoms with van der Waals surface area (Å²) in [7, 11) is 1.26. The first-order chi connectivity index (χ1) is 15.5. The van der Waals surface area contributed by atoms with Crippen LogP contribution in [0.5, 0.6) is 17.2 Å². The Labute approximate surface area is 184 Å². The molecule has 0 aliphatic heterocycles. The van der Waals surface area contributed by atoms with Gasteiger partial charge < -0.3 is 14.2 Å². The van der Waals surface area contributed by atoms with Gasteiger partial charge in [-0.25, -0.2) is 8.78 Å². The average Bonchev–Trinajstić information content (AvgIpc) is 2.78. The standard InChI is InChI=1S/C23H16F6O4/c1-31-18-3-2-4-19(13-18)33-23(29,21(25)22(26,27)28)32-17-11-7-15(8-12-17)20(30)14-5-9-16(24)10-6-14/h2-13,21H,1H3. The van der Waals surface area contributed by atoms with E-state index in [1.165, 1.54) is 31.4 Å². The summed E-state index contributed by atoms with van der Waals surface area (Å²) in [6.07, 6.45) is -9.82. The van der Waals surface area contributed by atoms with Crippen LogP contribution in [-0.4, -0.2) is 31.3 Å². The molecule has 0 bridgehead atoms. The average molecular weight is 470 g/mol. The summed E-state index contributed by atoms with van der Waals surface area (Å²) < 4.78 is 95.5. The molecular weight excluding hydrogens is 454 g/mol. The second kappa shape index (κ2) is 9.43. The Kier molecular flexibility index (Phi) is 6.85. The number of rotatable bonds is 8. The van der Waals surface area contributed by atoms with Crippen LogP contribution < -0.4 is 14.2 Å². The number of hydrogen-bond acceptors (Lipinski definition) is 4. The number of methoxy groups -OCH3 is 1. The summed E-state index contributed by atoms with van der Waals surface area (Å²) in [4.78, 5) is 12.4. The Bertz CT molecular complexity index is 1100. The zero-order valence-electron chi connectivity index (χ0n) is 16.9. The van der Waals surface area contributed by atoms with Crippen molar-refractivity contribution in [2.24, 2.45) is 0 Å². The quantitative estimate of drug-likeness (QED) is 0.229. The van der Waals surface area contributed by atoms with Crippen LogP contribution in [0.2, 0.25) is 0 Å². The Balaban J connectivity index is 1.86. The third-order valence-corrected chi connectivity index (χ3v) is 4.37. The highest BCUT2D eigenvalue weighted by atomic mass is 19.4. The Morgan fingerprint density at radius 2 is 1.30 bits per heavy atom. The number of ketones is 1. The van der Waals surface area contributed by atoms with E-state index in [9.17, 15) is 26.7 Å². The molecule has 0 saturated carbocycles. The minimum absolute atomic E-state index is 0.0553. The first-order valence-corrected chi connectivity index (χ1v) is 9.34. The Morgan fingerprint density at radius 1 is 0.788 bits per heavy atom. The Hall–Kier alpha value is -3.69. The molecule has 3 aromatic carbocycles. The molecule has 2 unspecified atom stereocenters. The lowest BCUT2D eigenvalue weighted by Gasteiger charge is -2.30. The predicted octanol–water partition coefficient (Wildman–Crippen LogP) is 6.05. The summed E-state index contributed by atoms with van der Waals surface area (Å²) in [5.74, 6) is -1.97. The molecule has 2 atom stereocenters. The van der Waals surface area contributed by atoms with E-state index in [1.807, 2.05) is 0 Å². The normalized spacial score (nSPS) is 14.2. The molecule has 10 heteroatoms. The molecule has 174 valence electrons. The molecule has 0 aliphatic carbocycles. The van der Waals surface area contributed by atoms with Gasteiger partial charge in [0, 0.05) is 17.2 Å². The summed E-state index contributed by atoms with van der Waals surface area (Å²) >= 11 is 0. The molecular formula is C23H16F6O4. The second-order valence-corrected chi connectivity index (χ2v) is 6.73. The van der Waals surface area contributed by atoms with Crippen LogP contribution in [0.25, 0.3) is 0 Å². The number of benzene rings is 3. The van der Waals surface area contributed by atoms with Crippen molar-refractivity contribution in [1.82, 2.24) is 0 Å². The summed E-state index contributed by atoms with van der Waals surface area (Å²) in [5.41, 5.74) is 0.201. The highest BCUT2D eigenvalue weighted by Crippen LogP contribution is 2.38. The van der Waals surface area contributed by atoms with Crippen molar-refractivity contribution in [2.45, 2.75) is 18.4 Å². The van der Waals surface area contributed by atoms with E-state index < -0.39 is 41.5 Å². The van der Waals surface area contributed by atoms with Gasteiger partial charge in [-0.05, 0) is 60.7 Å². The molecule has 0 amide bonds. The van der Waals surface area contributed by atoms with Crippen LogP contribution in [-0.2, 0) is 0 Å². The van der Waals surface area contributed by atoms with Gasteiger partial charge in [-0.1, -0.05) is 6.07 Å². The lowest BCUT2D eigenvalue weighted by atomic mass is 10.0. The monoisotopic (exact) mass is 470 g/mol. The van der Waals surface area contributed by atoms with Crippen molar-refractivity contribution in [3.8, 4) is 17.2 Å². The van der Waals surface area contributed by atoms with Gasteiger partial charge in [-0.15, -0.1) is 0 Å². The molecule has 0 heterocycles. The van der Waals surface area contributed by atoms with E-state index >= 15 is 4.39 Å². The van der Waals surface area contributed by atoms with E-state index in [-0.39, 0.29) is 16.9 Å². The molecule has 0 aromatic heterocycles. The topological polar surface area (TPSA) is 44.8 Å². The number of carbonyl (C=O) groups excluding carboxylic acids is 1. The molecule has 3 rings (SSSR count). The van der Waals surface area contributed by atoms with Crippen molar-refractivity contribution in [2.75, 3.05) is 7.11 Å². The van der Waals surface area contributed by atoms with E-state index in [1.54, 1.807) is 0 Å². The summed E-state index contributed by atoms with van der Waals surface area (Å²) in [6, 6.07) is 9.43. The molecule has 0 saturated heterocycles. The van der Waals surface area contributed by atoms with Gasteiger partial charge in [0.1, 0.15) is 23.1 Å². The zero-order valence-corrected chi connectivity index (χ0v) is 16.9. The van der Waals surface area contributed by atoms with Crippen LogP contribution >= 0.6 is 0 Å². The van der Waals surface area contributed by atoms with Gasteiger partial charge >= 0.3 is 18.4 Å². The number of alkyl halides is 5. The lowest BCUT2D eigenvalue weighted by molar-refractivity contribution is -0.325. The molecule has 0 N–H and O–H groups in total. The van der Waals surface area contributed by atoms with Crippen molar-refractivity contribution >= 4 is 5.78 Å². The fourth-order valence-corrected chi connectivity index (χ4v) is 2.75. The number of ether oxygens (including phenoxy) is 3. The van der Waals surface area contributed by atoms with Crippen molar-refractivity contribution in [3.63, 3.8) is 0 Å². The van der Waals surface area contributed by atoms with Gasteiger partial charge in [-0.3, -0.25) is 4.79 Å². The highest BCUT2D eigenvalue weighted by Gasteiger charge is 2.61. The maximum Gasteiger partial charge on any atom is 0.449 e. The number of carbonyl (C=O) groups is 1. The molecule has 0 aliphatic rings. The minimum Gasteiger partial charge on any atom is -0.497 e. The van der Waals surface area contributed by atoms with E-state index in [2.05, 4.69) is 9.47 Å². The van der Waals surface area contributed by atoms with Gasteiger partial charge in [-0.2, -0.15) is 17.6 Å². The fourth-order valence-electron chi connectivity index (χ4n) is 2.75. The van der Waals surface area contributed by atoms with Gasteiger partial charge in [0.05, 0.1) is 7.11 Å². The Morgan fingerprint density at radius 3 is 1.85 bits per heavy atom. The number of hydrogen-bond donors (Lipinski definition) is 0. The SMILES string of the molecule is COc1cccc(OC(F)(Oc2ccc(C(=O)c3ccc(F)cc3)cc2)C(F)C(F)(F)F)c1. The third-order valence-electron chi connectivity index (χ3n) is 4.37. The van der Waals surface area contributed by atoms with Gasteiger partial charge in [0.15, 0.2) is 5.78 Å². The molecule has 0 fully saturated rings. The third kappa shape index (κ3) is 5.76. The van der Waals surface area contributed by atoms with Crippen LogP contribution in [0.3, 0.4) is 0 Å². The smallest absolute Gasteiger partial charge is 0.449 e. The molecule has 3 aromatic rings. The highest BCUT2D eigenvalue weighted by molar-refractivity contribution is 6.08. The number of halogens is 6. The first-order valence-electron chi connectivity index (χ1n) is 9.34. The van der Waals surface area contributed by atoms with Crippen LogP contribution in [0.15, 0.2) is 72.8 Å². The van der Waals surface area contributed by atoms with E-state index in [4.69, 9.17) is 4.74 Å². The van der Waals surface area contributed by atoms with Crippen LogP contribution in [0.1, 0.15) is 15.9 Å². The maximum absolute atomic E-state index is 15.2. The summed E-state index contributed by atoms with van der Waals surface area (Å²) in [6.45, 7) is 0. The maximum atomic E-state index is 15.2. The molecule has 33 heavy (non-hydrogen) atoms. The van der Waals surface area contributed by atoms with E-state index in [0.29, 0.717) is 0 Å². The van der Waals surface area contributed by atoms with Crippen LogP contribution in [0.4, 0.5) is 26.3 Å². The van der Waals surface area contributed by atoms with Crippen molar-refractivity contribution in [1.29, 1.82) is 0 Å². The van der Waals surface area contributed by atoms with Gasteiger partial charge in [0.25, 0.3) is 0 Å². The molecule has 0 radical (unpaired) electrons. The van der Waals surface area contributed by atoms with Crippen LogP contribution in [0, 0.1) is 5.82 Å². The minimum atomic E-state index is -5.65. The first kappa shape index (κ1) is 24.0. The van der Waals surface area contributed by atoms with Crippen molar-refractivity contribution in [3.05, 3.63) is 89.7 Å². The predicted molar refractivity (Wildman–Crippen MR) is 105 cm³/mol. The lowest BCUT2D eigenvalue weighted by Crippen LogP contribution is -2.53. The molecule has 0 spiro atoms. The summed E-state index contributed by atoms with van der Waals surface area (Å²) in [5, 5.41) is 0. The van der Waals surface area contributed by atoms with Gasteiger partial charge in [0.2, 0.25) is 0 Å². The van der Waals surface area contributed by atoms with Crippen molar-refractivity contribution < 1.29 is 45.3 Å². The second-order valence-electron chi connectivity index (χ2n) is 6.73. The molecule has 4 nitrogen and oxygen atoms in total. The zero-order chi connectivity index (χ0) is 24.2. The largest absolute Gasteiger partial charge is 0.497 e.